The van der Waals surface area contributed by atoms with Crippen LogP contribution in [0.2, 0.25) is 0 Å². The number of hydrogen-bond donors (Lipinski definition) is 2. The monoisotopic (exact) mass is 298 g/mol. The van der Waals surface area contributed by atoms with Crippen LogP contribution < -0.4 is 0 Å². The van der Waals surface area contributed by atoms with Crippen LogP contribution in [0.4, 0.5) is 0 Å². The van der Waals surface area contributed by atoms with Crippen LogP contribution in [0, 0.1) is 6.92 Å². The van der Waals surface area contributed by atoms with Crippen molar-refractivity contribution in [2.75, 3.05) is 0 Å². The van der Waals surface area contributed by atoms with E-state index >= 15 is 0 Å². The first kappa shape index (κ1) is 11.9. The van der Waals surface area contributed by atoms with Crippen molar-refractivity contribution in [3.63, 3.8) is 0 Å². The Balaban J connectivity index is 2.21. The molecule has 0 spiro atoms. The molecular weight excluding hydrogens is 288 g/mol. The second-order valence-corrected chi connectivity index (χ2v) is 4.44. The van der Waals surface area contributed by atoms with E-state index in [0.29, 0.717) is 28.3 Å². The number of H-pyrrole nitrogens is 1. The molecule has 0 aromatic carbocycles. The first-order chi connectivity index (χ1) is 8.06. The van der Waals surface area contributed by atoms with Gasteiger partial charge in [-0.3, -0.25) is 4.79 Å². The van der Waals surface area contributed by atoms with Crippen molar-refractivity contribution in [2.24, 2.45) is 0 Å². The number of aryl methyl sites for hydroxylation is 2. The third kappa shape index (κ3) is 2.76. The highest BCUT2D eigenvalue weighted by atomic mass is 79.9. The molecule has 0 aliphatic carbocycles. The molecule has 2 aromatic rings. The molecule has 90 valence electrons. The Morgan fingerprint density at radius 2 is 2.35 bits per heavy atom. The molecule has 0 atom stereocenters. The van der Waals surface area contributed by atoms with E-state index in [1.165, 1.54) is 0 Å². The number of rotatable bonds is 4. The molecule has 6 heteroatoms. The van der Waals surface area contributed by atoms with E-state index in [0.717, 1.165) is 5.76 Å². The summed E-state index contributed by atoms with van der Waals surface area (Å²) in [4.78, 5) is 17.8. The molecular formula is C11H11BrN2O3. The van der Waals surface area contributed by atoms with Crippen molar-refractivity contribution >= 4 is 21.9 Å². The van der Waals surface area contributed by atoms with Crippen LogP contribution in [0.5, 0.6) is 0 Å². The second-order valence-electron chi connectivity index (χ2n) is 3.65. The number of carboxylic acid groups (broad SMARTS) is 1. The molecule has 0 saturated heterocycles. The van der Waals surface area contributed by atoms with E-state index in [-0.39, 0.29) is 6.42 Å². The van der Waals surface area contributed by atoms with E-state index in [1.54, 1.807) is 0 Å². The van der Waals surface area contributed by atoms with Gasteiger partial charge < -0.3 is 14.5 Å². The topological polar surface area (TPSA) is 79.1 Å². The second kappa shape index (κ2) is 4.75. The van der Waals surface area contributed by atoms with E-state index < -0.39 is 5.97 Å². The lowest BCUT2D eigenvalue weighted by molar-refractivity contribution is -0.137. The van der Waals surface area contributed by atoms with E-state index in [2.05, 4.69) is 25.9 Å². The molecule has 2 N–H and O–H groups in total. The maximum absolute atomic E-state index is 10.5. The number of furan rings is 1. The standard InChI is InChI=1S/C11H11BrN2O3/c1-6-2-3-7(17-6)10-11(12)14-8(13-10)4-5-9(15)16/h2-3H,4-5H2,1H3,(H,13,14)(H,15,16). The van der Waals surface area contributed by atoms with Gasteiger partial charge in [0.2, 0.25) is 0 Å². The van der Waals surface area contributed by atoms with Crippen LogP contribution in [-0.2, 0) is 11.2 Å². The largest absolute Gasteiger partial charge is 0.481 e. The smallest absolute Gasteiger partial charge is 0.303 e. The quantitative estimate of drug-likeness (QED) is 0.909. The molecule has 17 heavy (non-hydrogen) atoms. The number of carbonyl (C=O) groups is 1. The third-order valence-corrected chi connectivity index (χ3v) is 2.83. The summed E-state index contributed by atoms with van der Waals surface area (Å²) in [5.74, 6) is 1.26. The Hall–Kier alpha value is -1.56. The maximum Gasteiger partial charge on any atom is 0.303 e. The summed E-state index contributed by atoms with van der Waals surface area (Å²) in [6.07, 6.45) is 0.421. The van der Waals surface area contributed by atoms with Gasteiger partial charge >= 0.3 is 5.97 Å². The number of nitrogens with one attached hydrogen (secondary N) is 1. The Morgan fingerprint density at radius 1 is 1.59 bits per heavy atom. The number of hydrogen-bond acceptors (Lipinski definition) is 3. The van der Waals surface area contributed by atoms with Crippen LogP contribution in [0.1, 0.15) is 18.0 Å². The zero-order chi connectivity index (χ0) is 12.4. The van der Waals surface area contributed by atoms with Gasteiger partial charge in [0.05, 0.1) is 6.42 Å². The normalized spacial score (nSPS) is 10.7. The zero-order valence-corrected chi connectivity index (χ0v) is 10.7. The molecule has 2 rings (SSSR count). The summed E-state index contributed by atoms with van der Waals surface area (Å²) >= 11 is 3.34. The van der Waals surface area contributed by atoms with Crippen molar-refractivity contribution < 1.29 is 14.3 Å². The fourth-order valence-electron chi connectivity index (χ4n) is 1.47. The number of aromatic amines is 1. The zero-order valence-electron chi connectivity index (χ0n) is 9.16. The SMILES string of the molecule is Cc1ccc(-c2nc(CCC(=O)O)[nH]c2Br)o1. The van der Waals surface area contributed by atoms with E-state index in [4.69, 9.17) is 9.52 Å². The first-order valence-electron chi connectivity index (χ1n) is 5.09. The molecule has 0 bridgehead atoms. The molecule has 5 nitrogen and oxygen atoms in total. The van der Waals surface area contributed by atoms with Crippen LogP contribution in [-0.4, -0.2) is 21.0 Å². The number of aromatic nitrogens is 2. The molecule has 0 aliphatic rings. The number of carboxylic acids is 1. The van der Waals surface area contributed by atoms with Crippen molar-refractivity contribution in [1.82, 2.24) is 9.97 Å². The van der Waals surface area contributed by atoms with Crippen molar-refractivity contribution in [2.45, 2.75) is 19.8 Å². The molecule has 0 radical (unpaired) electrons. The predicted octanol–water partition coefficient (Wildman–Crippen LogP) is 2.76. The summed E-state index contributed by atoms with van der Waals surface area (Å²) in [6, 6.07) is 3.69. The van der Waals surface area contributed by atoms with E-state index in [9.17, 15) is 4.79 Å². The van der Waals surface area contributed by atoms with Crippen molar-refractivity contribution in [3.05, 3.63) is 28.3 Å². The minimum Gasteiger partial charge on any atom is -0.481 e. The predicted molar refractivity (Wildman–Crippen MR) is 64.7 cm³/mol. The highest BCUT2D eigenvalue weighted by Crippen LogP contribution is 2.27. The summed E-state index contributed by atoms with van der Waals surface area (Å²) in [5.41, 5.74) is 0.665. The number of imidazole rings is 1. The molecule has 0 unspecified atom stereocenters. The lowest BCUT2D eigenvalue weighted by atomic mass is 10.3. The lowest BCUT2D eigenvalue weighted by Gasteiger charge is -1.91. The van der Waals surface area contributed by atoms with Crippen molar-refractivity contribution in [1.29, 1.82) is 0 Å². The van der Waals surface area contributed by atoms with Crippen LogP contribution in [0.15, 0.2) is 21.2 Å². The summed E-state index contributed by atoms with van der Waals surface area (Å²) < 4.78 is 6.16. The fraction of sp³-hybridized carbons (Fsp3) is 0.273. The van der Waals surface area contributed by atoms with Crippen LogP contribution in [0.25, 0.3) is 11.5 Å². The minimum absolute atomic E-state index is 0.0522. The molecule has 0 aliphatic heterocycles. The van der Waals surface area contributed by atoms with Gasteiger partial charge in [-0.2, -0.15) is 0 Å². The Morgan fingerprint density at radius 3 is 2.94 bits per heavy atom. The van der Waals surface area contributed by atoms with Crippen LogP contribution in [0.3, 0.4) is 0 Å². The van der Waals surface area contributed by atoms with Crippen molar-refractivity contribution in [3.8, 4) is 11.5 Å². The summed E-state index contributed by atoms with van der Waals surface area (Å²) in [7, 11) is 0. The third-order valence-electron chi connectivity index (χ3n) is 2.26. The summed E-state index contributed by atoms with van der Waals surface area (Å²) in [5, 5.41) is 8.60. The van der Waals surface area contributed by atoms with Crippen LogP contribution >= 0.6 is 15.9 Å². The Bertz CT molecular complexity index is 545. The van der Waals surface area contributed by atoms with Gasteiger partial charge in [0.15, 0.2) is 5.76 Å². The van der Waals surface area contributed by atoms with Gasteiger partial charge in [-0.25, -0.2) is 4.98 Å². The molecule has 0 amide bonds. The fourth-order valence-corrected chi connectivity index (χ4v) is 1.98. The Labute approximate surface area is 106 Å². The van der Waals surface area contributed by atoms with Gasteiger partial charge in [0.1, 0.15) is 21.9 Å². The highest BCUT2D eigenvalue weighted by molar-refractivity contribution is 9.10. The molecule has 2 aromatic heterocycles. The van der Waals surface area contributed by atoms with Gasteiger partial charge in [-0.05, 0) is 35.0 Å². The highest BCUT2D eigenvalue weighted by Gasteiger charge is 2.13. The van der Waals surface area contributed by atoms with Gasteiger partial charge in [0.25, 0.3) is 0 Å². The minimum atomic E-state index is -0.840. The maximum atomic E-state index is 10.5. The van der Waals surface area contributed by atoms with Gasteiger partial charge in [0, 0.05) is 6.42 Å². The van der Waals surface area contributed by atoms with E-state index in [1.807, 2.05) is 19.1 Å². The number of nitrogens with zero attached hydrogens (tertiary/aromatic N) is 1. The van der Waals surface area contributed by atoms with Gasteiger partial charge in [-0.1, -0.05) is 0 Å². The van der Waals surface area contributed by atoms with Gasteiger partial charge in [-0.15, -0.1) is 0 Å². The number of halogens is 1. The average Bonchev–Trinajstić information content (AvgIpc) is 2.82. The molecule has 0 fully saturated rings. The Kier molecular flexibility index (Phi) is 3.33. The first-order valence-corrected chi connectivity index (χ1v) is 5.88. The average molecular weight is 299 g/mol. The number of aliphatic carboxylic acids is 1. The summed E-state index contributed by atoms with van der Waals surface area (Å²) in [6.45, 7) is 1.86. The molecule has 0 saturated carbocycles. The molecule has 2 heterocycles. The lowest BCUT2D eigenvalue weighted by Crippen LogP contribution is -1.98.